The van der Waals surface area contributed by atoms with Crippen molar-refractivity contribution in [1.29, 1.82) is 0 Å². The molecule has 0 radical (unpaired) electrons. The number of pyridine rings is 1. The van der Waals surface area contributed by atoms with Gasteiger partial charge in [-0.05, 0) is 62.4 Å². The Balaban J connectivity index is 1.57. The van der Waals surface area contributed by atoms with Crippen LogP contribution in [0.4, 0.5) is 11.6 Å². The first-order valence-electron chi connectivity index (χ1n) is 8.56. The zero-order valence-corrected chi connectivity index (χ0v) is 15.4. The first-order valence-corrected chi connectivity index (χ1v) is 8.56. The van der Waals surface area contributed by atoms with Crippen LogP contribution in [-0.4, -0.2) is 16.8 Å². The van der Waals surface area contributed by atoms with E-state index in [9.17, 15) is 9.59 Å². The fourth-order valence-corrected chi connectivity index (χ4v) is 2.31. The second kappa shape index (κ2) is 8.68. The molecular formula is C21H19N3O4. The predicted octanol–water partition coefficient (Wildman–Crippen LogP) is 4.19. The molecule has 3 aromatic rings. The number of aryl methyl sites for hydroxylation is 2. The lowest BCUT2D eigenvalue weighted by Gasteiger charge is -2.05. The van der Waals surface area contributed by atoms with Crippen molar-refractivity contribution in [3.05, 3.63) is 77.7 Å². The summed E-state index contributed by atoms with van der Waals surface area (Å²) in [5.41, 5.74) is 0. The van der Waals surface area contributed by atoms with Crippen LogP contribution in [0.5, 0.6) is 0 Å². The van der Waals surface area contributed by atoms with Gasteiger partial charge in [0, 0.05) is 12.2 Å². The standard InChI is InChI=1S/C21H19N3O4/c1-14-6-8-16(27-14)10-12-20(25)23-18-4-3-5-19(22-18)24-21(26)13-11-17-9-7-15(2)28-17/h3-13H,1-2H3,(H2,22,23,24,25,26)/b12-10+,13-11+. The molecule has 28 heavy (non-hydrogen) atoms. The van der Waals surface area contributed by atoms with Gasteiger partial charge in [-0.15, -0.1) is 0 Å². The summed E-state index contributed by atoms with van der Waals surface area (Å²) in [6, 6.07) is 12.1. The molecule has 0 aliphatic rings. The average molecular weight is 377 g/mol. The summed E-state index contributed by atoms with van der Waals surface area (Å²) >= 11 is 0. The number of hydrogen-bond acceptors (Lipinski definition) is 5. The molecule has 3 aromatic heterocycles. The smallest absolute Gasteiger partial charge is 0.249 e. The van der Waals surface area contributed by atoms with E-state index in [4.69, 9.17) is 8.83 Å². The number of nitrogens with one attached hydrogen (secondary N) is 2. The van der Waals surface area contributed by atoms with E-state index in [-0.39, 0.29) is 11.8 Å². The Morgan fingerprint density at radius 3 is 1.64 bits per heavy atom. The molecule has 0 fully saturated rings. The molecule has 2 N–H and O–H groups in total. The van der Waals surface area contributed by atoms with Gasteiger partial charge in [0.2, 0.25) is 11.8 Å². The van der Waals surface area contributed by atoms with Gasteiger partial charge in [-0.3, -0.25) is 9.59 Å². The molecule has 142 valence electrons. The van der Waals surface area contributed by atoms with Crippen LogP contribution in [0.15, 0.2) is 63.5 Å². The minimum Gasteiger partial charge on any atom is -0.462 e. The molecule has 0 bridgehead atoms. The van der Waals surface area contributed by atoms with Crippen molar-refractivity contribution in [3.8, 4) is 0 Å². The van der Waals surface area contributed by atoms with Gasteiger partial charge in [-0.2, -0.15) is 0 Å². The molecule has 2 amide bonds. The number of furan rings is 2. The molecule has 0 saturated heterocycles. The minimum absolute atomic E-state index is 0.314. The molecule has 3 rings (SSSR count). The van der Waals surface area contributed by atoms with Crippen LogP contribution >= 0.6 is 0 Å². The zero-order valence-electron chi connectivity index (χ0n) is 15.4. The Morgan fingerprint density at radius 1 is 0.786 bits per heavy atom. The maximum Gasteiger partial charge on any atom is 0.249 e. The minimum atomic E-state index is -0.363. The highest BCUT2D eigenvalue weighted by molar-refractivity contribution is 6.02. The fourth-order valence-electron chi connectivity index (χ4n) is 2.31. The van der Waals surface area contributed by atoms with Gasteiger partial charge in [0.05, 0.1) is 0 Å². The Bertz CT molecular complexity index is 964. The Hall–Kier alpha value is -3.87. The van der Waals surface area contributed by atoms with Crippen molar-refractivity contribution >= 4 is 35.6 Å². The number of amides is 2. The van der Waals surface area contributed by atoms with Gasteiger partial charge < -0.3 is 19.5 Å². The first kappa shape index (κ1) is 18.9. The molecule has 0 unspecified atom stereocenters. The molecule has 0 atom stereocenters. The number of anilines is 2. The van der Waals surface area contributed by atoms with E-state index >= 15 is 0 Å². The van der Waals surface area contributed by atoms with Crippen molar-refractivity contribution in [2.75, 3.05) is 10.6 Å². The van der Waals surface area contributed by atoms with Crippen LogP contribution in [0.1, 0.15) is 23.0 Å². The Labute approximate surface area is 161 Å². The van der Waals surface area contributed by atoms with E-state index in [1.807, 2.05) is 26.0 Å². The number of nitrogens with zero attached hydrogens (tertiary/aromatic N) is 1. The molecule has 7 nitrogen and oxygen atoms in total. The number of rotatable bonds is 6. The van der Waals surface area contributed by atoms with Crippen LogP contribution in [0.25, 0.3) is 12.2 Å². The Morgan fingerprint density at radius 2 is 1.25 bits per heavy atom. The quantitative estimate of drug-likeness (QED) is 0.628. The molecule has 0 aliphatic heterocycles. The summed E-state index contributed by atoms with van der Waals surface area (Å²) in [4.78, 5) is 28.2. The summed E-state index contributed by atoms with van der Waals surface area (Å²) in [6.45, 7) is 3.65. The lowest BCUT2D eigenvalue weighted by atomic mass is 10.3. The largest absolute Gasteiger partial charge is 0.462 e. The summed E-state index contributed by atoms with van der Waals surface area (Å²) in [5.74, 6) is 2.60. The fraction of sp³-hybridized carbons (Fsp3) is 0.0952. The lowest BCUT2D eigenvalue weighted by molar-refractivity contribution is -0.112. The molecule has 0 saturated carbocycles. The van der Waals surface area contributed by atoms with Gasteiger partial charge in [-0.25, -0.2) is 4.98 Å². The number of carbonyl (C=O) groups excluding carboxylic acids is 2. The number of carbonyl (C=O) groups is 2. The van der Waals surface area contributed by atoms with Crippen molar-refractivity contribution in [2.24, 2.45) is 0 Å². The average Bonchev–Trinajstić information content (AvgIpc) is 3.26. The van der Waals surface area contributed by atoms with Crippen LogP contribution in [-0.2, 0) is 9.59 Å². The van der Waals surface area contributed by atoms with E-state index in [1.54, 1.807) is 42.5 Å². The molecule has 0 spiro atoms. The van der Waals surface area contributed by atoms with Gasteiger partial charge in [0.15, 0.2) is 0 Å². The summed E-state index contributed by atoms with van der Waals surface area (Å²) in [6.07, 6.45) is 5.82. The van der Waals surface area contributed by atoms with Crippen LogP contribution in [0, 0.1) is 13.8 Å². The maximum absolute atomic E-state index is 12.0. The van der Waals surface area contributed by atoms with Crippen molar-refractivity contribution in [1.82, 2.24) is 4.98 Å². The first-order chi connectivity index (χ1) is 13.5. The molecule has 0 aromatic carbocycles. The summed E-state index contributed by atoms with van der Waals surface area (Å²) in [7, 11) is 0. The SMILES string of the molecule is Cc1ccc(/C=C/C(=O)Nc2cccc(NC(=O)/C=C/c3ccc(C)o3)n2)o1. The van der Waals surface area contributed by atoms with Crippen LogP contribution in [0.2, 0.25) is 0 Å². The second-order valence-corrected chi connectivity index (χ2v) is 5.95. The Kier molecular flexibility index (Phi) is 5.86. The maximum atomic E-state index is 12.0. The normalized spacial score (nSPS) is 11.2. The van der Waals surface area contributed by atoms with Crippen molar-refractivity contribution in [2.45, 2.75) is 13.8 Å². The van der Waals surface area contributed by atoms with Crippen molar-refractivity contribution in [3.63, 3.8) is 0 Å². The molecule has 3 heterocycles. The van der Waals surface area contributed by atoms with Gasteiger partial charge >= 0.3 is 0 Å². The molecule has 7 heteroatoms. The zero-order chi connectivity index (χ0) is 19.9. The third-order valence-corrected chi connectivity index (χ3v) is 3.57. The highest BCUT2D eigenvalue weighted by Crippen LogP contribution is 2.12. The van der Waals surface area contributed by atoms with Gasteiger partial charge in [0.25, 0.3) is 0 Å². The van der Waals surface area contributed by atoms with Gasteiger partial charge in [0.1, 0.15) is 34.7 Å². The van der Waals surface area contributed by atoms with Crippen LogP contribution in [0.3, 0.4) is 0 Å². The number of aromatic nitrogens is 1. The van der Waals surface area contributed by atoms with E-state index in [1.165, 1.54) is 12.2 Å². The van der Waals surface area contributed by atoms with E-state index < -0.39 is 0 Å². The van der Waals surface area contributed by atoms with Crippen molar-refractivity contribution < 1.29 is 18.4 Å². The van der Waals surface area contributed by atoms with Gasteiger partial charge in [-0.1, -0.05) is 6.07 Å². The topological polar surface area (TPSA) is 97.4 Å². The number of hydrogen-bond donors (Lipinski definition) is 2. The van der Waals surface area contributed by atoms with Crippen LogP contribution < -0.4 is 10.6 Å². The second-order valence-electron chi connectivity index (χ2n) is 5.95. The summed E-state index contributed by atoms with van der Waals surface area (Å²) in [5, 5.41) is 5.26. The molecular weight excluding hydrogens is 358 g/mol. The van der Waals surface area contributed by atoms with E-state index in [2.05, 4.69) is 15.6 Å². The highest BCUT2D eigenvalue weighted by atomic mass is 16.3. The van der Waals surface area contributed by atoms with E-state index in [0.717, 1.165) is 11.5 Å². The predicted molar refractivity (Wildman–Crippen MR) is 106 cm³/mol. The monoisotopic (exact) mass is 377 g/mol. The molecule has 0 aliphatic carbocycles. The van der Waals surface area contributed by atoms with E-state index in [0.29, 0.717) is 23.2 Å². The lowest BCUT2D eigenvalue weighted by Crippen LogP contribution is -2.12. The highest BCUT2D eigenvalue weighted by Gasteiger charge is 2.04. The third-order valence-electron chi connectivity index (χ3n) is 3.57. The summed E-state index contributed by atoms with van der Waals surface area (Å²) < 4.78 is 10.7. The third kappa shape index (κ3) is 5.57.